The Balaban J connectivity index is 1.87. The van der Waals surface area contributed by atoms with Gasteiger partial charge in [-0.3, -0.25) is 4.79 Å². The van der Waals surface area contributed by atoms with Crippen molar-refractivity contribution in [2.24, 2.45) is 0 Å². The van der Waals surface area contributed by atoms with Crippen LogP contribution in [-0.4, -0.2) is 37.0 Å². The maximum atomic E-state index is 12.3. The fourth-order valence-corrected chi connectivity index (χ4v) is 2.69. The number of anilines is 1. The van der Waals surface area contributed by atoms with Crippen molar-refractivity contribution in [3.05, 3.63) is 59.7 Å². The first-order chi connectivity index (χ1) is 12.5. The Morgan fingerprint density at radius 2 is 1.62 bits per heavy atom. The van der Waals surface area contributed by atoms with E-state index in [4.69, 9.17) is 4.74 Å². The Bertz CT molecular complexity index is 674. The summed E-state index contributed by atoms with van der Waals surface area (Å²) in [6.07, 6.45) is 0. The number of amides is 1. The van der Waals surface area contributed by atoms with E-state index in [1.54, 1.807) is 0 Å². The van der Waals surface area contributed by atoms with Gasteiger partial charge in [-0.15, -0.1) is 0 Å². The molecule has 2 aromatic rings. The smallest absolute Gasteiger partial charge is 0.255 e. The van der Waals surface area contributed by atoms with Gasteiger partial charge in [0.15, 0.2) is 0 Å². The quantitative estimate of drug-likeness (QED) is 0.704. The molecule has 0 bridgehead atoms. The Kier molecular flexibility index (Phi) is 7.67. The molecule has 2 aromatic carbocycles. The minimum Gasteiger partial charge on any atom is -0.492 e. The molecule has 0 saturated carbocycles. The van der Waals surface area contributed by atoms with Gasteiger partial charge in [-0.2, -0.15) is 0 Å². The summed E-state index contributed by atoms with van der Waals surface area (Å²) in [6, 6.07) is 15.3. The molecule has 0 aliphatic heterocycles. The number of carbonyl (C=O) groups is 1. The lowest BCUT2D eigenvalue weighted by molar-refractivity contribution is 0.102. The molecule has 4 nitrogen and oxygen atoms in total. The molecule has 0 heterocycles. The van der Waals surface area contributed by atoms with Gasteiger partial charge in [-0.1, -0.05) is 39.8 Å². The summed E-state index contributed by atoms with van der Waals surface area (Å²) in [5, 5.41) is 2.92. The molecule has 0 fully saturated rings. The number of ether oxygens (including phenoxy) is 1. The molecular formula is C22H30N2O2. The third-order valence-electron chi connectivity index (χ3n) is 4.52. The van der Waals surface area contributed by atoms with Gasteiger partial charge in [0.2, 0.25) is 0 Å². The van der Waals surface area contributed by atoms with Crippen molar-refractivity contribution in [2.45, 2.75) is 33.6 Å². The topological polar surface area (TPSA) is 41.6 Å². The van der Waals surface area contributed by atoms with Crippen LogP contribution in [-0.2, 0) is 0 Å². The van der Waals surface area contributed by atoms with Crippen LogP contribution in [0.4, 0.5) is 5.69 Å². The lowest BCUT2D eigenvalue weighted by Crippen LogP contribution is -2.27. The molecule has 140 valence electrons. The molecule has 4 heteroatoms. The first-order valence-corrected chi connectivity index (χ1v) is 9.40. The average Bonchev–Trinajstić information content (AvgIpc) is 2.66. The number of hydrogen-bond acceptors (Lipinski definition) is 3. The lowest BCUT2D eigenvalue weighted by Gasteiger charge is -2.18. The number of rotatable bonds is 9. The zero-order valence-corrected chi connectivity index (χ0v) is 16.3. The maximum Gasteiger partial charge on any atom is 0.255 e. The minimum absolute atomic E-state index is 0.101. The number of nitrogens with one attached hydrogen (secondary N) is 1. The van der Waals surface area contributed by atoms with Gasteiger partial charge in [-0.25, -0.2) is 0 Å². The number of carbonyl (C=O) groups excluding carboxylic acids is 1. The van der Waals surface area contributed by atoms with Gasteiger partial charge in [0, 0.05) is 17.8 Å². The second-order valence-electron chi connectivity index (χ2n) is 6.63. The number of benzene rings is 2. The van der Waals surface area contributed by atoms with E-state index in [-0.39, 0.29) is 5.91 Å². The summed E-state index contributed by atoms with van der Waals surface area (Å²) in [5.74, 6) is 1.17. The van der Waals surface area contributed by atoms with Crippen molar-refractivity contribution in [3.63, 3.8) is 0 Å². The second kappa shape index (κ2) is 9.97. The van der Waals surface area contributed by atoms with Crippen LogP contribution in [0.5, 0.6) is 5.75 Å². The Labute approximate surface area is 157 Å². The van der Waals surface area contributed by atoms with Crippen LogP contribution in [0.15, 0.2) is 48.5 Å². The van der Waals surface area contributed by atoms with E-state index in [1.165, 1.54) is 5.56 Å². The third-order valence-corrected chi connectivity index (χ3v) is 4.52. The van der Waals surface area contributed by atoms with Gasteiger partial charge in [0.05, 0.1) is 0 Å². The highest BCUT2D eigenvalue weighted by Crippen LogP contribution is 2.18. The van der Waals surface area contributed by atoms with Gasteiger partial charge >= 0.3 is 0 Å². The van der Waals surface area contributed by atoms with Crippen LogP contribution in [0.1, 0.15) is 49.5 Å². The van der Waals surface area contributed by atoms with Gasteiger partial charge < -0.3 is 15.0 Å². The Morgan fingerprint density at radius 3 is 2.15 bits per heavy atom. The van der Waals surface area contributed by atoms with Gasteiger partial charge in [0.25, 0.3) is 5.91 Å². The van der Waals surface area contributed by atoms with Crippen LogP contribution < -0.4 is 10.1 Å². The Hall–Kier alpha value is -2.33. The summed E-state index contributed by atoms with van der Waals surface area (Å²) >= 11 is 0. The highest BCUT2D eigenvalue weighted by Gasteiger charge is 2.07. The largest absolute Gasteiger partial charge is 0.492 e. The second-order valence-corrected chi connectivity index (χ2v) is 6.63. The normalized spacial score (nSPS) is 11.0. The summed E-state index contributed by atoms with van der Waals surface area (Å²) in [5.41, 5.74) is 2.65. The van der Waals surface area contributed by atoms with Crippen LogP contribution >= 0.6 is 0 Å². The van der Waals surface area contributed by atoms with Crippen molar-refractivity contribution >= 4 is 11.6 Å². The predicted molar refractivity (Wildman–Crippen MR) is 108 cm³/mol. The molecule has 0 radical (unpaired) electrons. The first kappa shape index (κ1) is 20.0. The van der Waals surface area contributed by atoms with E-state index in [2.05, 4.69) is 37.9 Å². The average molecular weight is 354 g/mol. The number of nitrogens with zero attached hydrogens (tertiary/aromatic N) is 1. The summed E-state index contributed by atoms with van der Waals surface area (Å²) < 4.78 is 5.77. The van der Waals surface area contributed by atoms with Crippen molar-refractivity contribution in [1.82, 2.24) is 4.90 Å². The van der Waals surface area contributed by atoms with Gasteiger partial charge in [0.1, 0.15) is 12.4 Å². The van der Waals surface area contributed by atoms with Crippen molar-refractivity contribution in [3.8, 4) is 5.75 Å². The minimum atomic E-state index is -0.101. The molecule has 0 atom stereocenters. The summed E-state index contributed by atoms with van der Waals surface area (Å²) in [4.78, 5) is 14.7. The van der Waals surface area contributed by atoms with Gasteiger partial charge in [-0.05, 0) is 61.0 Å². The molecule has 2 rings (SSSR count). The zero-order valence-electron chi connectivity index (χ0n) is 16.3. The van der Waals surface area contributed by atoms with E-state index in [9.17, 15) is 4.79 Å². The van der Waals surface area contributed by atoms with Crippen LogP contribution in [0, 0.1) is 0 Å². The van der Waals surface area contributed by atoms with E-state index in [0.717, 1.165) is 31.1 Å². The van der Waals surface area contributed by atoms with Crippen molar-refractivity contribution < 1.29 is 9.53 Å². The van der Waals surface area contributed by atoms with E-state index >= 15 is 0 Å². The zero-order chi connectivity index (χ0) is 18.9. The lowest BCUT2D eigenvalue weighted by atomic mass is 10.0. The maximum absolute atomic E-state index is 12.3. The molecule has 0 aromatic heterocycles. The standard InChI is InChI=1S/C22H30N2O2/c1-5-24(6-2)15-16-26-21-13-11-20(12-14-21)23-22(25)19-9-7-18(8-10-19)17(3)4/h7-14,17H,5-6,15-16H2,1-4H3,(H,23,25). The predicted octanol–water partition coefficient (Wildman–Crippen LogP) is 4.78. The highest BCUT2D eigenvalue weighted by atomic mass is 16.5. The van der Waals surface area contributed by atoms with Crippen LogP contribution in [0.2, 0.25) is 0 Å². The Morgan fingerprint density at radius 1 is 1.00 bits per heavy atom. The fraction of sp³-hybridized carbons (Fsp3) is 0.409. The van der Waals surface area contributed by atoms with E-state index in [1.807, 2.05) is 48.5 Å². The van der Waals surface area contributed by atoms with Crippen LogP contribution in [0.3, 0.4) is 0 Å². The number of hydrogen-bond donors (Lipinski definition) is 1. The van der Waals surface area contributed by atoms with Crippen LogP contribution in [0.25, 0.3) is 0 Å². The summed E-state index contributed by atoms with van der Waals surface area (Å²) in [6.45, 7) is 12.2. The van der Waals surface area contributed by atoms with Crippen molar-refractivity contribution in [1.29, 1.82) is 0 Å². The molecule has 0 spiro atoms. The molecule has 0 aliphatic rings. The molecule has 0 unspecified atom stereocenters. The van der Waals surface area contributed by atoms with Crippen molar-refractivity contribution in [2.75, 3.05) is 31.6 Å². The highest BCUT2D eigenvalue weighted by molar-refractivity contribution is 6.04. The monoisotopic (exact) mass is 354 g/mol. The first-order valence-electron chi connectivity index (χ1n) is 9.40. The SMILES string of the molecule is CCN(CC)CCOc1ccc(NC(=O)c2ccc(C(C)C)cc2)cc1. The van der Waals surface area contributed by atoms with E-state index < -0.39 is 0 Å². The summed E-state index contributed by atoms with van der Waals surface area (Å²) in [7, 11) is 0. The molecule has 1 N–H and O–H groups in total. The third kappa shape index (κ3) is 5.88. The number of likely N-dealkylation sites (N-methyl/N-ethyl adjacent to an activating group) is 1. The molecule has 26 heavy (non-hydrogen) atoms. The molecule has 0 saturated heterocycles. The fourth-order valence-electron chi connectivity index (χ4n) is 2.69. The molecule has 0 aliphatic carbocycles. The molecular weight excluding hydrogens is 324 g/mol. The molecule has 1 amide bonds. The van der Waals surface area contributed by atoms with E-state index in [0.29, 0.717) is 18.1 Å².